The van der Waals surface area contributed by atoms with Crippen LogP contribution in [0.2, 0.25) is 0 Å². The molecule has 0 unspecified atom stereocenters. The van der Waals surface area contributed by atoms with Gasteiger partial charge in [-0.05, 0) is 19.3 Å². The third-order valence-corrected chi connectivity index (χ3v) is 2.23. The largest absolute Gasteiger partial charge is 0.490 e. The zero-order valence-electron chi connectivity index (χ0n) is 8.62. The fourth-order valence-electron chi connectivity index (χ4n) is 1.27. The first kappa shape index (κ1) is 9.31. The zero-order valence-corrected chi connectivity index (χ0v) is 8.62. The lowest BCUT2D eigenvalue weighted by Crippen LogP contribution is -1.99. The molecule has 1 saturated carbocycles. The Morgan fingerprint density at radius 1 is 1.43 bits per heavy atom. The van der Waals surface area contributed by atoms with Gasteiger partial charge in [0.15, 0.2) is 0 Å². The molecule has 0 saturated heterocycles. The van der Waals surface area contributed by atoms with E-state index in [1.807, 2.05) is 12.1 Å². The Labute approximate surface area is 84.1 Å². The lowest BCUT2D eigenvalue weighted by molar-refractivity contribution is 0.299. The van der Waals surface area contributed by atoms with Gasteiger partial charge in [-0.3, -0.25) is 0 Å². The average molecular weight is 193 g/mol. The number of hydrogen-bond acceptors (Lipinski definition) is 3. The highest BCUT2D eigenvalue weighted by Crippen LogP contribution is 2.28. The van der Waals surface area contributed by atoms with Crippen LogP contribution in [0.25, 0.3) is 0 Å². The van der Waals surface area contributed by atoms with Crippen molar-refractivity contribution in [2.75, 3.05) is 7.11 Å². The van der Waals surface area contributed by atoms with Crippen LogP contribution in [0.15, 0.2) is 12.1 Å². The quantitative estimate of drug-likeness (QED) is 0.734. The van der Waals surface area contributed by atoms with Crippen molar-refractivity contribution in [3.63, 3.8) is 0 Å². The van der Waals surface area contributed by atoms with E-state index in [-0.39, 0.29) is 0 Å². The monoisotopic (exact) mass is 193 g/mol. The number of rotatable bonds is 4. The third-order valence-electron chi connectivity index (χ3n) is 2.23. The summed E-state index contributed by atoms with van der Waals surface area (Å²) in [6, 6.07) is 3.83. The van der Waals surface area contributed by atoms with Gasteiger partial charge in [-0.1, -0.05) is 6.92 Å². The van der Waals surface area contributed by atoms with E-state index >= 15 is 0 Å². The Morgan fingerprint density at radius 2 is 2.21 bits per heavy atom. The summed E-state index contributed by atoms with van der Waals surface area (Å²) in [7, 11) is 1.63. The van der Waals surface area contributed by atoms with Crippen LogP contribution < -0.4 is 9.47 Å². The maximum Gasteiger partial charge on any atom is 0.216 e. The number of aromatic nitrogens is 1. The van der Waals surface area contributed by atoms with Crippen molar-refractivity contribution in [3.8, 4) is 11.6 Å². The van der Waals surface area contributed by atoms with E-state index in [1.165, 1.54) is 12.8 Å². The molecule has 0 amide bonds. The van der Waals surface area contributed by atoms with Crippen molar-refractivity contribution in [1.82, 2.24) is 4.98 Å². The van der Waals surface area contributed by atoms with Crippen molar-refractivity contribution in [3.05, 3.63) is 17.8 Å². The second kappa shape index (κ2) is 3.86. The summed E-state index contributed by atoms with van der Waals surface area (Å²) in [4.78, 5) is 4.30. The average Bonchev–Trinajstić information content (AvgIpc) is 3.01. The summed E-state index contributed by atoms with van der Waals surface area (Å²) in [6.45, 7) is 2.07. The second-order valence-electron chi connectivity index (χ2n) is 3.51. The minimum absolute atomic E-state index is 0.423. The lowest BCUT2D eigenvalue weighted by atomic mass is 10.3. The SMILES string of the molecule is CCc1cc(OC2CC2)cc(OC)n1. The van der Waals surface area contributed by atoms with Crippen LogP contribution in [0.4, 0.5) is 0 Å². The molecule has 0 aromatic carbocycles. The molecule has 3 heteroatoms. The van der Waals surface area contributed by atoms with Gasteiger partial charge in [-0.2, -0.15) is 0 Å². The van der Waals surface area contributed by atoms with Crippen LogP contribution >= 0.6 is 0 Å². The van der Waals surface area contributed by atoms with Gasteiger partial charge in [0.2, 0.25) is 5.88 Å². The first-order valence-corrected chi connectivity index (χ1v) is 5.03. The smallest absolute Gasteiger partial charge is 0.216 e. The molecule has 1 heterocycles. The Morgan fingerprint density at radius 3 is 2.79 bits per heavy atom. The molecule has 1 fully saturated rings. The van der Waals surface area contributed by atoms with E-state index in [2.05, 4.69) is 11.9 Å². The summed E-state index contributed by atoms with van der Waals surface area (Å²) in [6.07, 6.45) is 3.67. The molecular weight excluding hydrogens is 178 g/mol. The van der Waals surface area contributed by atoms with E-state index in [0.717, 1.165) is 17.9 Å². The molecule has 0 spiro atoms. The third kappa shape index (κ3) is 2.16. The summed E-state index contributed by atoms with van der Waals surface area (Å²) in [5.74, 6) is 1.52. The Kier molecular flexibility index (Phi) is 2.57. The molecule has 0 N–H and O–H groups in total. The highest BCUT2D eigenvalue weighted by Gasteiger charge is 2.23. The molecule has 0 bridgehead atoms. The number of methoxy groups -OCH3 is 1. The molecule has 2 rings (SSSR count). The zero-order chi connectivity index (χ0) is 9.97. The van der Waals surface area contributed by atoms with Crippen molar-refractivity contribution in [2.45, 2.75) is 32.3 Å². The standard InChI is InChI=1S/C11H15NO2/c1-3-8-6-10(14-9-4-5-9)7-11(12-8)13-2/h6-7,9H,3-5H2,1-2H3. The Balaban J connectivity index is 2.19. The van der Waals surface area contributed by atoms with Crippen molar-refractivity contribution < 1.29 is 9.47 Å². The predicted octanol–water partition coefficient (Wildman–Crippen LogP) is 2.19. The summed E-state index contributed by atoms with van der Waals surface area (Å²) in [5, 5.41) is 0. The molecular formula is C11H15NO2. The van der Waals surface area contributed by atoms with E-state index in [0.29, 0.717) is 12.0 Å². The molecule has 1 aromatic rings. The Bertz CT molecular complexity index is 299. The minimum atomic E-state index is 0.423. The first-order valence-electron chi connectivity index (χ1n) is 5.03. The second-order valence-corrected chi connectivity index (χ2v) is 3.51. The van der Waals surface area contributed by atoms with Crippen molar-refractivity contribution in [1.29, 1.82) is 0 Å². The van der Waals surface area contributed by atoms with E-state index in [1.54, 1.807) is 7.11 Å². The molecule has 1 aliphatic carbocycles. The van der Waals surface area contributed by atoms with E-state index < -0.39 is 0 Å². The molecule has 14 heavy (non-hydrogen) atoms. The topological polar surface area (TPSA) is 31.4 Å². The van der Waals surface area contributed by atoms with E-state index in [4.69, 9.17) is 9.47 Å². The normalized spacial score (nSPS) is 15.3. The van der Waals surface area contributed by atoms with Crippen molar-refractivity contribution in [2.24, 2.45) is 0 Å². The van der Waals surface area contributed by atoms with Crippen LogP contribution in [0, 0.1) is 0 Å². The molecule has 0 aliphatic heterocycles. The molecule has 3 nitrogen and oxygen atoms in total. The van der Waals surface area contributed by atoms with Gasteiger partial charge < -0.3 is 9.47 Å². The van der Waals surface area contributed by atoms with Crippen LogP contribution in [0.3, 0.4) is 0 Å². The van der Waals surface area contributed by atoms with Crippen LogP contribution in [0.5, 0.6) is 11.6 Å². The van der Waals surface area contributed by atoms with Gasteiger partial charge in [-0.15, -0.1) is 0 Å². The fourth-order valence-corrected chi connectivity index (χ4v) is 1.27. The van der Waals surface area contributed by atoms with Gasteiger partial charge in [0.1, 0.15) is 5.75 Å². The van der Waals surface area contributed by atoms with Gasteiger partial charge in [0.25, 0.3) is 0 Å². The van der Waals surface area contributed by atoms with Gasteiger partial charge in [-0.25, -0.2) is 4.98 Å². The number of pyridine rings is 1. The Hall–Kier alpha value is -1.25. The van der Waals surface area contributed by atoms with Crippen molar-refractivity contribution >= 4 is 0 Å². The summed E-state index contributed by atoms with van der Waals surface area (Å²) in [5.41, 5.74) is 1.01. The minimum Gasteiger partial charge on any atom is -0.490 e. The van der Waals surface area contributed by atoms with Gasteiger partial charge in [0.05, 0.1) is 13.2 Å². The lowest BCUT2D eigenvalue weighted by Gasteiger charge is -2.07. The van der Waals surface area contributed by atoms with Crippen LogP contribution in [0.1, 0.15) is 25.5 Å². The van der Waals surface area contributed by atoms with Crippen LogP contribution in [-0.2, 0) is 6.42 Å². The highest BCUT2D eigenvalue weighted by atomic mass is 16.5. The number of nitrogens with zero attached hydrogens (tertiary/aromatic N) is 1. The molecule has 1 aromatic heterocycles. The number of hydrogen-bond donors (Lipinski definition) is 0. The molecule has 0 atom stereocenters. The molecule has 1 aliphatic rings. The summed E-state index contributed by atoms with van der Waals surface area (Å²) < 4.78 is 10.8. The first-order chi connectivity index (χ1) is 6.81. The van der Waals surface area contributed by atoms with Crippen LogP contribution in [-0.4, -0.2) is 18.2 Å². The van der Waals surface area contributed by atoms with Gasteiger partial charge >= 0.3 is 0 Å². The number of aryl methyl sites for hydroxylation is 1. The van der Waals surface area contributed by atoms with E-state index in [9.17, 15) is 0 Å². The predicted molar refractivity (Wildman–Crippen MR) is 53.8 cm³/mol. The van der Waals surface area contributed by atoms with Gasteiger partial charge in [0, 0.05) is 17.8 Å². The fraction of sp³-hybridized carbons (Fsp3) is 0.545. The number of ether oxygens (including phenoxy) is 2. The maximum atomic E-state index is 5.69. The summed E-state index contributed by atoms with van der Waals surface area (Å²) >= 11 is 0. The maximum absolute atomic E-state index is 5.69. The molecule has 0 radical (unpaired) electrons. The highest BCUT2D eigenvalue weighted by molar-refractivity contribution is 5.31. The molecule has 76 valence electrons.